The number of hydrogen-bond donors (Lipinski definition) is 1. The van der Waals surface area contributed by atoms with E-state index in [1.54, 1.807) is 64.5 Å². The first kappa shape index (κ1) is 24.8. The molecule has 2 aromatic carbocycles. The van der Waals surface area contributed by atoms with Crippen molar-refractivity contribution in [1.82, 2.24) is 5.32 Å². The fraction of sp³-hybridized carbons (Fsp3) is 0.409. The number of amides is 1. The van der Waals surface area contributed by atoms with Crippen molar-refractivity contribution in [3.63, 3.8) is 0 Å². The minimum Gasteiger partial charge on any atom is -0.497 e. The average Bonchev–Trinajstić information content (AvgIpc) is 2.72. The van der Waals surface area contributed by atoms with Gasteiger partial charge in [-0.3, -0.25) is 9.10 Å². The van der Waals surface area contributed by atoms with E-state index in [0.717, 1.165) is 16.1 Å². The third-order valence-electron chi connectivity index (χ3n) is 5.00. The second kappa shape index (κ2) is 10.2. The zero-order chi connectivity index (χ0) is 23.3. The maximum Gasteiger partial charge on any atom is 0.244 e. The molecule has 0 aliphatic rings. The van der Waals surface area contributed by atoms with Crippen LogP contribution in [0.1, 0.15) is 37.4 Å². The van der Waals surface area contributed by atoms with Gasteiger partial charge < -0.3 is 14.8 Å². The van der Waals surface area contributed by atoms with Crippen molar-refractivity contribution in [2.45, 2.75) is 39.3 Å². The summed E-state index contributed by atoms with van der Waals surface area (Å²) in [4.78, 5) is 13.2. The Morgan fingerprint density at radius 2 is 1.84 bits per heavy atom. The van der Waals surface area contributed by atoms with Crippen LogP contribution in [0.3, 0.4) is 0 Å². The molecule has 2 aromatic rings. The summed E-state index contributed by atoms with van der Waals surface area (Å²) in [5.41, 5.74) is 1.87. The summed E-state index contributed by atoms with van der Waals surface area (Å²) in [6.07, 6.45) is 1.34. The Bertz CT molecular complexity index is 1040. The molecule has 0 spiro atoms. The Morgan fingerprint density at radius 3 is 2.35 bits per heavy atom. The molecule has 0 heterocycles. The van der Waals surface area contributed by atoms with Crippen molar-refractivity contribution >= 4 is 33.2 Å². The van der Waals surface area contributed by atoms with E-state index in [9.17, 15) is 13.2 Å². The van der Waals surface area contributed by atoms with Gasteiger partial charge in [0.15, 0.2) is 0 Å². The number of methoxy groups -OCH3 is 2. The summed E-state index contributed by atoms with van der Waals surface area (Å²) in [5, 5.41) is 3.33. The molecule has 0 unspecified atom stereocenters. The maximum absolute atomic E-state index is 13.2. The van der Waals surface area contributed by atoms with Gasteiger partial charge in [-0.1, -0.05) is 24.6 Å². The minimum atomic E-state index is -3.76. The zero-order valence-corrected chi connectivity index (χ0v) is 20.2. The number of benzene rings is 2. The topological polar surface area (TPSA) is 84.9 Å². The highest BCUT2D eigenvalue weighted by atomic mass is 35.5. The Morgan fingerprint density at radius 1 is 1.16 bits per heavy atom. The SMILES string of the molecule is CC[C@@H](C(=O)N[C@H](C)c1cc(OC)ccc1OC)N(c1ccc(C)c(Cl)c1)S(C)(=O)=O. The van der Waals surface area contributed by atoms with Gasteiger partial charge >= 0.3 is 0 Å². The van der Waals surface area contributed by atoms with Crippen molar-refractivity contribution in [3.8, 4) is 11.5 Å². The van der Waals surface area contributed by atoms with E-state index < -0.39 is 28.0 Å². The molecule has 0 aliphatic carbocycles. The molecular formula is C22H29ClN2O5S. The molecule has 0 aliphatic heterocycles. The summed E-state index contributed by atoms with van der Waals surface area (Å²) in [6, 6.07) is 8.82. The van der Waals surface area contributed by atoms with Crippen LogP contribution in [0.25, 0.3) is 0 Å². The van der Waals surface area contributed by atoms with E-state index in [1.165, 1.54) is 0 Å². The second-order valence-electron chi connectivity index (χ2n) is 7.25. The highest BCUT2D eigenvalue weighted by molar-refractivity contribution is 7.92. The van der Waals surface area contributed by atoms with Crippen molar-refractivity contribution in [3.05, 3.63) is 52.5 Å². The molecule has 0 saturated carbocycles. The summed E-state index contributed by atoms with van der Waals surface area (Å²) in [6.45, 7) is 5.38. The van der Waals surface area contributed by atoms with Crippen molar-refractivity contribution < 1.29 is 22.7 Å². The van der Waals surface area contributed by atoms with E-state index >= 15 is 0 Å². The van der Waals surface area contributed by atoms with Crippen LogP contribution in [0.2, 0.25) is 5.02 Å². The predicted molar refractivity (Wildman–Crippen MR) is 124 cm³/mol. The van der Waals surface area contributed by atoms with Crippen LogP contribution in [-0.4, -0.2) is 40.8 Å². The smallest absolute Gasteiger partial charge is 0.244 e. The second-order valence-corrected chi connectivity index (χ2v) is 9.52. The van der Waals surface area contributed by atoms with E-state index in [-0.39, 0.29) is 6.42 Å². The number of sulfonamides is 1. The Labute approximate surface area is 189 Å². The number of ether oxygens (including phenoxy) is 2. The molecular weight excluding hydrogens is 440 g/mol. The average molecular weight is 469 g/mol. The number of hydrogen-bond acceptors (Lipinski definition) is 5. The fourth-order valence-corrected chi connectivity index (χ4v) is 4.72. The number of anilines is 1. The Kier molecular flexibility index (Phi) is 8.20. The molecule has 1 N–H and O–H groups in total. The minimum absolute atomic E-state index is 0.270. The van der Waals surface area contributed by atoms with Crippen LogP contribution >= 0.6 is 11.6 Å². The molecule has 2 rings (SSSR count). The van der Waals surface area contributed by atoms with Gasteiger partial charge in [-0.2, -0.15) is 0 Å². The van der Waals surface area contributed by atoms with Gasteiger partial charge in [0.05, 0.1) is 32.2 Å². The molecule has 170 valence electrons. The number of carbonyl (C=O) groups excluding carboxylic acids is 1. The lowest BCUT2D eigenvalue weighted by molar-refractivity contribution is -0.122. The highest BCUT2D eigenvalue weighted by Crippen LogP contribution is 2.31. The molecule has 0 saturated heterocycles. The third-order valence-corrected chi connectivity index (χ3v) is 6.59. The van der Waals surface area contributed by atoms with Gasteiger partial charge in [0.2, 0.25) is 15.9 Å². The first-order chi connectivity index (χ1) is 14.5. The van der Waals surface area contributed by atoms with Crippen molar-refractivity contribution in [1.29, 1.82) is 0 Å². The summed E-state index contributed by atoms with van der Waals surface area (Å²) in [7, 11) is -0.662. The van der Waals surface area contributed by atoms with Crippen LogP contribution in [0.15, 0.2) is 36.4 Å². The largest absolute Gasteiger partial charge is 0.497 e. The predicted octanol–water partition coefficient (Wildman–Crippen LogP) is 4.09. The molecule has 1 amide bonds. The monoisotopic (exact) mass is 468 g/mol. The van der Waals surface area contributed by atoms with Crippen LogP contribution in [-0.2, 0) is 14.8 Å². The fourth-order valence-electron chi connectivity index (χ4n) is 3.34. The number of nitrogens with one attached hydrogen (secondary N) is 1. The van der Waals surface area contributed by atoms with Gasteiger partial charge in [0, 0.05) is 10.6 Å². The first-order valence-electron chi connectivity index (χ1n) is 9.81. The van der Waals surface area contributed by atoms with Gasteiger partial charge in [-0.05, 0) is 56.2 Å². The van der Waals surface area contributed by atoms with E-state index in [0.29, 0.717) is 27.8 Å². The lowest BCUT2D eigenvalue weighted by Crippen LogP contribution is -2.49. The van der Waals surface area contributed by atoms with Gasteiger partial charge in [0.1, 0.15) is 17.5 Å². The molecule has 2 atom stereocenters. The molecule has 7 nitrogen and oxygen atoms in total. The van der Waals surface area contributed by atoms with E-state index in [1.807, 2.05) is 6.92 Å². The zero-order valence-electron chi connectivity index (χ0n) is 18.6. The summed E-state index contributed by atoms with van der Waals surface area (Å²) in [5.74, 6) is 0.782. The molecule has 9 heteroatoms. The first-order valence-corrected chi connectivity index (χ1v) is 12.0. The normalized spacial score (nSPS) is 13.3. The number of rotatable bonds is 9. The van der Waals surface area contributed by atoms with E-state index in [4.69, 9.17) is 21.1 Å². The number of aryl methyl sites for hydroxylation is 1. The lowest BCUT2D eigenvalue weighted by atomic mass is 10.1. The maximum atomic E-state index is 13.2. The Hall–Kier alpha value is -2.45. The lowest BCUT2D eigenvalue weighted by Gasteiger charge is -2.31. The highest BCUT2D eigenvalue weighted by Gasteiger charge is 2.32. The van der Waals surface area contributed by atoms with Crippen LogP contribution in [0.5, 0.6) is 11.5 Å². The van der Waals surface area contributed by atoms with Crippen molar-refractivity contribution in [2.24, 2.45) is 0 Å². The van der Waals surface area contributed by atoms with Crippen molar-refractivity contribution in [2.75, 3.05) is 24.8 Å². The van der Waals surface area contributed by atoms with Crippen LogP contribution in [0.4, 0.5) is 5.69 Å². The molecule has 0 radical (unpaired) electrons. The van der Waals surface area contributed by atoms with Gasteiger partial charge in [-0.15, -0.1) is 0 Å². The molecule has 0 bridgehead atoms. The number of carbonyl (C=O) groups is 1. The standard InChI is InChI=1S/C22H29ClN2O5S/c1-7-20(25(31(6,27)28)16-9-8-14(2)19(23)12-16)22(26)24-15(3)18-13-17(29-4)10-11-21(18)30-5/h8-13,15,20H,7H2,1-6H3,(H,24,26)/t15-,20+/m1/s1. The molecule has 0 aromatic heterocycles. The van der Waals surface area contributed by atoms with Gasteiger partial charge in [-0.25, -0.2) is 8.42 Å². The summed E-state index contributed by atoms with van der Waals surface area (Å²) < 4.78 is 37.1. The quantitative estimate of drug-likeness (QED) is 0.599. The van der Waals surface area contributed by atoms with Gasteiger partial charge in [0.25, 0.3) is 0 Å². The van der Waals surface area contributed by atoms with Crippen LogP contribution in [0, 0.1) is 6.92 Å². The number of halogens is 1. The summed E-state index contributed by atoms with van der Waals surface area (Å²) >= 11 is 6.21. The molecule has 0 fully saturated rings. The third kappa shape index (κ3) is 5.83. The number of nitrogens with zero attached hydrogens (tertiary/aromatic N) is 1. The van der Waals surface area contributed by atoms with Crippen LogP contribution < -0.4 is 19.1 Å². The molecule has 31 heavy (non-hydrogen) atoms. The van der Waals surface area contributed by atoms with E-state index in [2.05, 4.69) is 5.32 Å². The Balaban J connectivity index is 2.39.